The highest BCUT2D eigenvalue weighted by molar-refractivity contribution is 8.00. The highest BCUT2D eigenvalue weighted by Gasteiger charge is 2.42. The van der Waals surface area contributed by atoms with Gasteiger partial charge >= 0.3 is 0 Å². The molecule has 1 aromatic heterocycles. The van der Waals surface area contributed by atoms with Crippen molar-refractivity contribution in [1.82, 2.24) is 20.2 Å². The fourth-order valence-corrected chi connectivity index (χ4v) is 5.49. The molecule has 1 amide bonds. The minimum absolute atomic E-state index is 0.0412. The molecule has 4 rings (SSSR count). The topological polar surface area (TPSA) is 85.8 Å². The van der Waals surface area contributed by atoms with Crippen molar-refractivity contribution in [3.05, 3.63) is 30.3 Å². The monoisotopic (exact) mass is 385 g/mol. The molecule has 2 saturated carbocycles. The third-order valence-corrected chi connectivity index (χ3v) is 7.21. The van der Waals surface area contributed by atoms with Crippen molar-refractivity contribution in [1.29, 1.82) is 0 Å². The molecule has 27 heavy (non-hydrogen) atoms. The summed E-state index contributed by atoms with van der Waals surface area (Å²) in [6.07, 6.45) is 5.33. The van der Waals surface area contributed by atoms with Crippen LogP contribution in [-0.2, 0) is 4.79 Å². The number of fused-ring (bicyclic) bond motifs is 2. The van der Waals surface area contributed by atoms with Gasteiger partial charge in [-0.25, -0.2) is 4.68 Å². The molecule has 0 saturated heterocycles. The van der Waals surface area contributed by atoms with Crippen molar-refractivity contribution in [3.8, 4) is 11.4 Å². The average Bonchev–Trinajstić information content (AvgIpc) is 3.39. The van der Waals surface area contributed by atoms with Gasteiger partial charge in [0.25, 0.3) is 0 Å². The van der Waals surface area contributed by atoms with Gasteiger partial charge in [0.2, 0.25) is 11.1 Å². The van der Waals surface area contributed by atoms with Crippen LogP contribution in [0.2, 0.25) is 0 Å². The van der Waals surface area contributed by atoms with Crippen molar-refractivity contribution >= 4 is 17.7 Å². The number of thioether (sulfide) groups is 1. The molecule has 6 nitrogen and oxygen atoms in total. The lowest BCUT2D eigenvalue weighted by Crippen LogP contribution is -2.43. The number of carbonyl (C=O) groups excluding carboxylic acids is 1. The molecule has 0 aliphatic heterocycles. The Labute approximate surface area is 164 Å². The number of hydrogen-bond acceptors (Lipinski definition) is 5. The van der Waals surface area contributed by atoms with E-state index in [0.717, 1.165) is 17.4 Å². The lowest BCUT2D eigenvalue weighted by molar-refractivity contribution is -0.121. The first-order chi connectivity index (χ1) is 13.0. The van der Waals surface area contributed by atoms with Crippen molar-refractivity contribution in [2.45, 2.75) is 56.0 Å². The van der Waals surface area contributed by atoms with Gasteiger partial charge in [0.05, 0.1) is 5.25 Å². The fourth-order valence-electron chi connectivity index (χ4n) is 4.71. The van der Waals surface area contributed by atoms with Crippen LogP contribution in [0.15, 0.2) is 35.5 Å². The predicted molar refractivity (Wildman–Crippen MR) is 107 cm³/mol. The van der Waals surface area contributed by atoms with E-state index in [-0.39, 0.29) is 17.2 Å². The first-order valence-corrected chi connectivity index (χ1v) is 10.6. The van der Waals surface area contributed by atoms with E-state index in [1.807, 2.05) is 37.3 Å². The molecule has 1 heterocycles. The van der Waals surface area contributed by atoms with Gasteiger partial charge in [-0.1, -0.05) is 48.5 Å². The second-order valence-electron chi connectivity index (χ2n) is 7.94. The number of amides is 1. The number of nitrogens with zero attached hydrogens (tertiary/aromatic N) is 3. The number of aromatic nitrogens is 3. The Hall–Kier alpha value is -2.02. The van der Waals surface area contributed by atoms with Crippen LogP contribution in [0, 0.1) is 17.8 Å². The van der Waals surface area contributed by atoms with Crippen molar-refractivity contribution in [2.24, 2.45) is 17.8 Å². The summed E-state index contributed by atoms with van der Waals surface area (Å²) in [5, 5.41) is 11.9. The molecule has 2 bridgehead atoms. The molecule has 0 spiro atoms. The minimum atomic E-state index is -0.277. The summed E-state index contributed by atoms with van der Waals surface area (Å²) >= 11 is 1.35. The summed E-state index contributed by atoms with van der Waals surface area (Å²) < 4.78 is 1.46. The van der Waals surface area contributed by atoms with Crippen LogP contribution in [0.4, 0.5) is 0 Å². The van der Waals surface area contributed by atoms with E-state index < -0.39 is 0 Å². The largest absolute Gasteiger partial charge is 0.352 e. The van der Waals surface area contributed by atoms with E-state index in [2.05, 4.69) is 22.4 Å². The van der Waals surface area contributed by atoms with Crippen LogP contribution in [-0.4, -0.2) is 32.1 Å². The fraction of sp³-hybridized carbons (Fsp3) is 0.550. The molecule has 3 N–H and O–H groups in total. The summed E-state index contributed by atoms with van der Waals surface area (Å²) in [7, 11) is 0. The van der Waals surface area contributed by atoms with Gasteiger partial charge in [-0.2, -0.15) is 0 Å². The van der Waals surface area contributed by atoms with Crippen LogP contribution in [0.5, 0.6) is 0 Å². The number of hydrogen-bond donors (Lipinski definition) is 2. The zero-order chi connectivity index (χ0) is 19.0. The first-order valence-electron chi connectivity index (χ1n) is 9.76. The molecule has 5 atom stereocenters. The number of nitrogens with one attached hydrogen (secondary N) is 1. The van der Waals surface area contributed by atoms with E-state index in [4.69, 9.17) is 5.84 Å². The van der Waals surface area contributed by atoms with Crippen molar-refractivity contribution < 1.29 is 4.79 Å². The third-order valence-electron chi connectivity index (χ3n) is 6.15. The van der Waals surface area contributed by atoms with E-state index >= 15 is 0 Å². The normalized spacial score (nSPS) is 26.1. The average molecular weight is 386 g/mol. The smallest absolute Gasteiger partial charge is 0.233 e. The van der Waals surface area contributed by atoms with Crippen LogP contribution in [0.25, 0.3) is 11.4 Å². The molecule has 2 aliphatic carbocycles. The van der Waals surface area contributed by atoms with Gasteiger partial charge in [0, 0.05) is 11.6 Å². The first kappa shape index (κ1) is 18.3. The maximum atomic E-state index is 12.7. The molecular weight excluding hydrogens is 358 g/mol. The zero-order valence-electron chi connectivity index (χ0n) is 15.8. The number of benzene rings is 1. The van der Waals surface area contributed by atoms with Crippen molar-refractivity contribution in [3.63, 3.8) is 0 Å². The second-order valence-corrected chi connectivity index (χ2v) is 9.25. The van der Waals surface area contributed by atoms with Gasteiger partial charge in [-0.15, -0.1) is 10.2 Å². The molecule has 7 heteroatoms. The molecule has 2 fully saturated rings. The molecular formula is C20H27N5OS. The SMILES string of the molecule is CC(Sc1nnc(-c2ccccc2)n1N)C(=O)NC(C)C1CC2CCC1C2. The van der Waals surface area contributed by atoms with Crippen LogP contribution in [0.3, 0.4) is 0 Å². The van der Waals surface area contributed by atoms with Crippen LogP contribution < -0.4 is 11.2 Å². The molecule has 0 radical (unpaired) electrons. The summed E-state index contributed by atoms with van der Waals surface area (Å²) in [6, 6.07) is 9.92. The predicted octanol–water partition coefficient (Wildman–Crippen LogP) is 3.08. The van der Waals surface area contributed by atoms with Crippen LogP contribution in [0.1, 0.15) is 39.5 Å². The van der Waals surface area contributed by atoms with Gasteiger partial charge < -0.3 is 11.2 Å². The number of rotatable bonds is 6. The Morgan fingerprint density at radius 1 is 1.22 bits per heavy atom. The number of carbonyl (C=O) groups is 1. The molecule has 2 aliphatic rings. The van der Waals surface area contributed by atoms with Crippen molar-refractivity contribution in [2.75, 3.05) is 5.84 Å². The van der Waals surface area contributed by atoms with Gasteiger partial charge in [0.15, 0.2) is 5.82 Å². The molecule has 1 aromatic carbocycles. The Bertz CT molecular complexity index is 808. The Balaban J connectivity index is 1.37. The highest BCUT2D eigenvalue weighted by atomic mass is 32.2. The highest BCUT2D eigenvalue weighted by Crippen LogP contribution is 2.49. The van der Waals surface area contributed by atoms with E-state index in [1.54, 1.807) is 0 Å². The van der Waals surface area contributed by atoms with Crippen LogP contribution >= 0.6 is 11.8 Å². The summed E-state index contributed by atoms with van der Waals surface area (Å²) in [6.45, 7) is 4.05. The van der Waals surface area contributed by atoms with E-state index in [9.17, 15) is 4.79 Å². The summed E-state index contributed by atoms with van der Waals surface area (Å²) in [4.78, 5) is 12.7. The third kappa shape index (κ3) is 3.70. The van der Waals surface area contributed by atoms with E-state index in [0.29, 0.717) is 16.9 Å². The maximum absolute atomic E-state index is 12.7. The Morgan fingerprint density at radius 3 is 2.67 bits per heavy atom. The molecule has 5 unspecified atom stereocenters. The standard InChI is InChI=1S/C20H27N5OS/c1-12(17-11-14-8-9-16(17)10-14)22-19(26)13(2)27-20-24-23-18(25(20)21)15-6-4-3-5-7-15/h3-7,12-14,16-17H,8-11,21H2,1-2H3,(H,22,26). The van der Waals surface area contributed by atoms with Gasteiger partial charge in [-0.3, -0.25) is 4.79 Å². The Kier molecular flexibility index (Phi) is 5.12. The summed E-state index contributed by atoms with van der Waals surface area (Å²) in [5.74, 6) is 9.12. The summed E-state index contributed by atoms with van der Waals surface area (Å²) in [5.41, 5.74) is 0.904. The minimum Gasteiger partial charge on any atom is -0.352 e. The van der Waals surface area contributed by atoms with Gasteiger partial charge in [0.1, 0.15) is 0 Å². The van der Waals surface area contributed by atoms with E-state index in [1.165, 1.54) is 42.1 Å². The van der Waals surface area contributed by atoms with Gasteiger partial charge in [-0.05, 0) is 50.9 Å². The molecule has 144 valence electrons. The lowest BCUT2D eigenvalue weighted by Gasteiger charge is -2.29. The maximum Gasteiger partial charge on any atom is 0.233 e. The lowest BCUT2D eigenvalue weighted by atomic mass is 9.84. The Morgan fingerprint density at radius 2 is 2.00 bits per heavy atom. The molecule has 2 aromatic rings. The zero-order valence-corrected chi connectivity index (χ0v) is 16.7. The number of nitrogen functional groups attached to an aromatic ring is 1. The number of nitrogens with two attached hydrogens (primary N) is 1. The second kappa shape index (κ2) is 7.54. The quantitative estimate of drug-likeness (QED) is 0.589.